The molecule has 2 aromatic heterocycles. The largest absolute Gasteiger partial charge is 0.508 e. The lowest BCUT2D eigenvalue weighted by Crippen LogP contribution is -1.94. The van der Waals surface area contributed by atoms with Crippen molar-refractivity contribution in [1.29, 1.82) is 0 Å². The van der Waals surface area contributed by atoms with E-state index in [1.54, 1.807) is 0 Å². The molecule has 0 aromatic carbocycles. The topological polar surface area (TPSA) is 74.8 Å². The number of carboxylic acid groups (broad SMARTS) is 1. The molecule has 0 aliphatic rings. The van der Waals surface area contributed by atoms with Crippen LogP contribution in [-0.2, 0) is 0 Å². The van der Waals surface area contributed by atoms with Crippen LogP contribution in [0.3, 0.4) is 0 Å². The molecule has 0 aliphatic heterocycles. The van der Waals surface area contributed by atoms with E-state index in [9.17, 15) is 4.79 Å². The van der Waals surface area contributed by atoms with Crippen LogP contribution in [-0.4, -0.2) is 25.8 Å². The fourth-order valence-corrected chi connectivity index (χ4v) is 1.13. The predicted octanol–water partition coefficient (Wildman–Crippen LogP) is 0.738. The first-order valence-electron chi connectivity index (χ1n) is 3.58. The maximum Gasteiger partial charge on any atom is 0.339 e. The zero-order valence-corrected chi connectivity index (χ0v) is 6.51. The molecule has 0 bridgehead atoms. The third-order valence-corrected chi connectivity index (χ3v) is 1.74. The second-order valence-electron chi connectivity index (χ2n) is 2.58. The van der Waals surface area contributed by atoms with Crippen LogP contribution in [0, 0.1) is 0 Å². The second-order valence-corrected chi connectivity index (χ2v) is 2.58. The molecule has 66 valence electrons. The van der Waals surface area contributed by atoms with Gasteiger partial charge in [-0.05, 0) is 6.07 Å². The SMILES string of the molecule is O=C(O)c1cnn2ccc(O)cc12. The Morgan fingerprint density at radius 1 is 1.54 bits per heavy atom. The number of rotatable bonds is 1. The molecular weight excluding hydrogens is 172 g/mol. The summed E-state index contributed by atoms with van der Waals surface area (Å²) in [4.78, 5) is 10.7. The molecule has 2 N–H and O–H groups in total. The highest BCUT2D eigenvalue weighted by molar-refractivity contribution is 5.95. The summed E-state index contributed by atoms with van der Waals surface area (Å²) < 4.78 is 1.39. The number of pyridine rings is 1. The molecule has 0 spiro atoms. The van der Waals surface area contributed by atoms with Gasteiger partial charge < -0.3 is 10.2 Å². The van der Waals surface area contributed by atoms with Crippen molar-refractivity contribution in [3.8, 4) is 5.75 Å². The molecule has 13 heavy (non-hydrogen) atoms. The van der Waals surface area contributed by atoms with Gasteiger partial charge in [-0.3, -0.25) is 0 Å². The number of aromatic nitrogens is 2. The minimum Gasteiger partial charge on any atom is -0.508 e. The van der Waals surface area contributed by atoms with Crippen LogP contribution in [0.5, 0.6) is 5.75 Å². The van der Waals surface area contributed by atoms with Crippen LogP contribution < -0.4 is 0 Å². The Bertz CT molecular complexity index is 475. The average molecular weight is 178 g/mol. The summed E-state index contributed by atoms with van der Waals surface area (Å²) in [5.41, 5.74) is 0.461. The van der Waals surface area contributed by atoms with Crippen LogP contribution in [0.1, 0.15) is 10.4 Å². The Morgan fingerprint density at radius 3 is 3.00 bits per heavy atom. The summed E-state index contributed by atoms with van der Waals surface area (Å²) in [7, 11) is 0. The van der Waals surface area contributed by atoms with Gasteiger partial charge >= 0.3 is 5.97 Å². The molecule has 0 saturated carbocycles. The summed E-state index contributed by atoms with van der Waals surface area (Å²) in [6, 6.07) is 2.79. The number of carboxylic acids is 1. The molecule has 5 nitrogen and oxygen atoms in total. The lowest BCUT2D eigenvalue weighted by Gasteiger charge is -1.94. The predicted molar refractivity (Wildman–Crippen MR) is 43.8 cm³/mol. The van der Waals surface area contributed by atoms with Crippen molar-refractivity contribution in [2.75, 3.05) is 0 Å². The smallest absolute Gasteiger partial charge is 0.339 e. The van der Waals surface area contributed by atoms with Crippen LogP contribution in [0.4, 0.5) is 0 Å². The fraction of sp³-hybridized carbons (Fsp3) is 0. The summed E-state index contributed by atoms with van der Waals surface area (Å²) in [5.74, 6) is -1.03. The van der Waals surface area contributed by atoms with E-state index in [4.69, 9.17) is 10.2 Å². The van der Waals surface area contributed by atoms with Gasteiger partial charge in [-0.1, -0.05) is 0 Å². The van der Waals surface area contributed by atoms with E-state index in [0.29, 0.717) is 5.52 Å². The minimum absolute atomic E-state index is 0.0236. The van der Waals surface area contributed by atoms with Gasteiger partial charge in [-0.25, -0.2) is 9.31 Å². The first kappa shape index (κ1) is 7.60. The molecule has 5 heteroatoms. The van der Waals surface area contributed by atoms with Crippen LogP contribution in [0.25, 0.3) is 5.52 Å². The van der Waals surface area contributed by atoms with E-state index >= 15 is 0 Å². The van der Waals surface area contributed by atoms with Gasteiger partial charge in [0.2, 0.25) is 0 Å². The van der Waals surface area contributed by atoms with Crippen LogP contribution >= 0.6 is 0 Å². The van der Waals surface area contributed by atoms with Crippen molar-refractivity contribution in [2.24, 2.45) is 0 Å². The van der Waals surface area contributed by atoms with Crippen LogP contribution in [0.15, 0.2) is 24.5 Å². The zero-order chi connectivity index (χ0) is 9.42. The van der Waals surface area contributed by atoms with E-state index < -0.39 is 5.97 Å². The Balaban J connectivity index is 2.79. The van der Waals surface area contributed by atoms with Gasteiger partial charge in [-0.15, -0.1) is 0 Å². The van der Waals surface area contributed by atoms with Crippen molar-refractivity contribution in [2.45, 2.75) is 0 Å². The number of fused-ring (bicyclic) bond motifs is 1. The number of nitrogens with zero attached hydrogens (tertiary/aromatic N) is 2. The van der Waals surface area contributed by atoms with E-state index in [2.05, 4.69) is 5.10 Å². The quantitative estimate of drug-likeness (QED) is 0.675. The molecule has 0 saturated heterocycles. The van der Waals surface area contributed by atoms with Crippen molar-refractivity contribution in [3.63, 3.8) is 0 Å². The van der Waals surface area contributed by atoms with Gasteiger partial charge in [0.25, 0.3) is 0 Å². The van der Waals surface area contributed by atoms with Gasteiger partial charge in [0.15, 0.2) is 0 Å². The number of carbonyl (C=O) groups is 1. The minimum atomic E-state index is -1.06. The molecule has 0 unspecified atom stereocenters. The first-order chi connectivity index (χ1) is 6.18. The summed E-state index contributed by atoms with van der Waals surface area (Å²) >= 11 is 0. The summed E-state index contributed by atoms with van der Waals surface area (Å²) in [6.07, 6.45) is 2.74. The Morgan fingerprint density at radius 2 is 2.31 bits per heavy atom. The van der Waals surface area contributed by atoms with Crippen molar-refractivity contribution >= 4 is 11.5 Å². The standard InChI is InChI=1S/C8H6N2O3/c11-5-1-2-10-7(3-5)6(4-9-10)8(12)13/h1-4,11H,(H,12,13). The molecule has 0 atom stereocenters. The number of aromatic hydroxyl groups is 1. The fourth-order valence-electron chi connectivity index (χ4n) is 1.13. The maximum absolute atomic E-state index is 10.7. The van der Waals surface area contributed by atoms with E-state index in [-0.39, 0.29) is 11.3 Å². The van der Waals surface area contributed by atoms with Crippen molar-refractivity contribution in [1.82, 2.24) is 9.61 Å². The van der Waals surface area contributed by atoms with E-state index in [1.807, 2.05) is 0 Å². The van der Waals surface area contributed by atoms with Crippen molar-refractivity contribution < 1.29 is 15.0 Å². The Labute approximate surface area is 72.9 Å². The highest BCUT2D eigenvalue weighted by Gasteiger charge is 2.10. The van der Waals surface area contributed by atoms with Gasteiger partial charge in [0, 0.05) is 12.3 Å². The third kappa shape index (κ3) is 1.10. The summed E-state index contributed by atoms with van der Waals surface area (Å²) in [6.45, 7) is 0. The molecule has 2 heterocycles. The van der Waals surface area contributed by atoms with Gasteiger partial charge in [0.1, 0.15) is 11.3 Å². The average Bonchev–Trinajstić information content (AvgIpc) is 2.46. The second kappa shape index (κ2) is 2.48. The zero-order valence-electron chi connectivity index (χ0n) is 6.51. The van der Waals surface area contributed by atoms with E-state index in [1.165, 1.54) is 29.0 Å². The third-order valence-electron chi connectivity index (χ3n) is 1.74. The van der Waals surface area contributed by atoms with Crippen molar-refractivity contribution in [3.05, 3.63) is 30.1 Å². The molecule has 0 fully saturated rings. The number of hydrogen-bond donors (Lipinski definition) is 2. The molecule has 0 radical (unpaired) electrons. The van der Waals surface area contributed by atoms with E-state index in [0.717, 1.165) is 0 Å². The molecular formula is C8H6N2O3. The normalized spacial score (nSPS) is 10.5. The van der Waals surface area contributed by atoms with Crippen LogP contribution in [0.2, 0.25) is 0 Å². The molecule has 2 aromatic rings. The van der Waals surface area contributed by atoms with Gasteiger partial charge in [0.05, 0.1) is 11.7 Å². The number of aromatic carboxylic acids is 1. The number of hydrogen-bond acceptors (Lipinski definition) is 3. The molecule has 0 aliphatic carbocycles. The molecule has 0 amide bonds. The Hall–Kier alpha value is -2.04. The highest BCUT2D eigenvalue weighted by Crippen LogP contribution is 2.15. The highest BCUT2D eigenvalue weighted by atomic mass is 16.4. The molecule has 2 rings (SSSR count). The monoisotopic (exact) mass is 178 g/mol. The Kier molecular flexibility index (Phi) is 1.45. The first-order valence-corrected chi connectivity index (χ1v) is 3.58. The lowest BCUT2D eigenvalue weighted by molar-refractivity contribution is 0.0699. The summed E-state index contributed by atoms with van der Waals surface area (Å²) in [5, 5.41) is 21.7. The van der Waals surface area contributed by atoms with Gasteiger partial charge in [-0.2, -0.15) is 5.10 Å². The lowest BCUT2D eigenvalue weighted by atomic mass is 10.2. The maximum atomic E-state index is 10.7.